The molecule has 4 saturated carbocycles. The summed E-state index contributed by atoms with van der Waals surface area (Å²) in [7, 11) is 0. The standard InChI is InChI=1S/C22H34F2O/c1-4-14-6-8-17-16-7-5-15-13-20(2,25)11-12-22(15,19(23)24)18(16)9-10-21(14,17)3/h4,15-19,25H,5-13H2,1-3H3/t15?,16-,17-,18-,20+,21+,22+/m0/s1. The quantitative estimate of drug-likeness (QED) is 0.576. The second kappa shape index (κ2) is 5.78. The van der Waals surface area contributed by atoms with Crippen molar-refractivity contribution in [1.29, 1.82) is 0 Å². The Morgan fingerprint density at radius 1 is 1.04 bits per heavy atom. The van der Waals surface area contributed by atoms with Gasteiger partial charge in [0.05, 0.1) is 5.60 Å². The molecule has 0 bridgehead atoms. The molecule has 4 fully saturated rings. The molecule has 0 aliphatic heterocycles. The van der Waals surface area contributed by atoms with Crippen molar-refractivity contribution in [3.63, 3.8) is 0 Å². The molecule has 4 aliphatic carbocycles. The highest BCUT2D eigenvalue weighted by Gasteiger charge is 2.64. The van der Waals surface area contributed by atoms with Gasteiger partial charge in [-0.05, 0) is 101 Å². The van der Waals surface area contributed by atoms with E-state index in [-0.39, 0.29) is 17.3 Å². The molecule has 7 atom stereocenters. The number of hydrogen-bond donors (Lipinski definition) is 1. The summed E-state index contributed by atoms with van der Waals surface area (Å²) in [4.78, 5) is 0. The predicted octanol–water partition coefficient (Wildman–Crippen LogP) is 5.97. The summed E-state index contributed by atoms with van der Waals surface area (Å²) in [6.07, 6.45) is 8.07. The van der Waals surface area contributed by atoms with E-state index < -0.39 is 17.4 Å². The lowest BCUT2D eigenvalue weighted by atomic mass is 9.43. The lowest BCUT2D eigenvalue weighted by molar-refractivity contribution is -0.203. The molecular weight excluding hydrogens is 318 g/mol. The topological polar surface area (TPSA) is 20.2 Å². The minimum absolute atomic E-state index is 0.00412. The van der Waals surface area contributed by atoms with Crippen molar-refractivity contribution in [3.8, 4) is 0 Å². The van der Waals surface area contributed by atoms with Gasteiger partial charge in [-0.2, -0.15) is 0 Å². The van der Waals surface area contributed by atoms with Crippen LogP contribution in [-0.4, -0.2) is 17.1 Å². The zero-order valence-electron chi connectivity index (χ0n) is 16.0. The van der Waals surface area contributed by atoms with Crippen molar-refractivity contribution in [1.82, 2.24) is 0 Å². The number of allylic oxidation sites excluding steroid dienone is 2. The Morgan fingerprint density at radius 2 is 1.80 bits per heavy atom. The Balaban J connectivity index is 1.69. The number of aliphatic hydroxyl groups is 1. The molecule has 0 aromatic rings. The summed E-state index contributed by atoms with van der Waals surface area (Å²) in [5.74, 6) is 1.22. The maximum Gasteiger partial charge on any atom is 0.244 e. The average molecular weight is 353 g/mol. The van der Waals surface area contributed by atoms with Crippen molar-refractivity contribution in [3.05, 3.63) is 11.6 Å². The molecule has 0 aromatic heterocycles. The molecule has 4 rings (SSSR count). The Hall–Kier alpha value is -0.440. The fraction of sp³-hybridized carbons (Fsp3) is 0.909. The van der Waals surface area contributed by atoms with E-state index in [1.165, 1.54) is 12.8 Å². The molecule has 3 heteroatoms. The molecule has 1 nitrogen and oxygen atoms in total. The summed E-state index contributed by atoms with van der Waals surface area (Å²) >= 11 is 0. The van der Waals surface area contributed by atoms with Gasteiger partial charge in [-0.3, -0.25) is 0 Å². The van der Waals surface area contributed by atoms with Gasteiger partial charge in [0.25, 0.3) is 0 Å². The van der Waals surface area contributed by atoms with E-state index in [4.69, 9.17) is 0 Å². The second-order valence-electron chi connectivity index (χ2n) is 10.1. The zero-order valence-corrected chi connectivity index (χ0v) is 16.0. The molecule has 1 unspecified atom stereocenters. The number of halogens is 2. The van der Waals surface area contributed by atoms with E-state index in [1.54, 1.807) is 5.57 Å². The molecule has 4 aliphatic rings. The third-order valence-electron chi connectivity index (χ3n) is 9.12. The molecular formula is C22H34F2O. The van der Waals surface area contributed by atoms with Gasteiger partial charge in [0.15, 0.2) is 0 Å². The summed E-state index contributed by atoms with van der Waals surface area (Å²) < 4.78 is 29.1. The summed E-state index contributed by atoms with van der Waals surface area (Å²) in [5, 5.41) is 10.5. The smallest absolute Gasteiger partial charge is 0.244 e. The van der Waals surface area contributed by atoms with E-state index in [2.05, 4.69) is 19.9 Å². The van der Waals surface area contributed by atoms with Crippen LogP contribution in [0.15, 0.2) is 11.6 Å². The van der Waals surface area contributed by atoms with Gasteiger partial charge in [-0.1, -0.05) is 18.6 Å². The van der Waals surface area contributed by atoms with Crippen LogP contribution in [0.5, 0.6) is 0 Å². The van der Waals surface area contributed by atoms with Crippen molar-refractivity contribution in [2.45, 2.75) is 90.6 Å². The highest BCUT2D eigenvalue weighted by Crippen LogP contribution is 2.69. The monoisotopic (exact) mass is 352 g/mol. The minimum atomic E-state index is -2.24. The van der Waals surface area contributed by atoms with Crippen LogP contribution >= 0.6 is 0 Å². The van der Waals surface area contributed by atoms with Crippen molar-refractivity contribution < 1.29 is 13.9 Å². The van der Waals surface area contributed by atoms with Crippen LogP contribution in [0.25, 0.3) is 0 Å². The van der Waals surface area contributed by atoms with Crippen LogP contribution in [0.3, 0.4) is 0 Å². The van der Waals surface area contributed by atoms with Crippen molar-refractivity contribution in [2.75, 3.05) is 0 Å². The van der Waals surface area contributed by atoms with Gasteiger partial charge in [0, 0.05) is 5.41 Å². The van der Waals surface area contributed by atoms with E-state index in [0.29, 0.717) is 31.1 Å². The fourth-order valence-corrected chi connectivity index (χ4v) is 7.89. The average Bonchev–Trinajstić information content (AvgIpc) is 2.89. The Bertz CT molecular complexity index is 568. The first-order valence-electron chi connectivity index (χ1n) is 10.4. The Kier molecular flexibility index (Phi) is 4.15. The van der Waals surface area contributed by atoms with Crippen LogP contribution in [0.1, 0.15) is 78.6 Å². The van der Waals surface area contributed by atoms with Gasteiger partial charge < -0.3 is 5.11 Å². The van der Waals surface area contributed by atoms with E-state index >= 15 is 0 Å². The van der Waals surface area contributed by atoms with Crippen molar-refractivity contribution >= 4 is 0 Å². The third kappa shape index (κ3) is 2.40. The second-order valence-corrected chi connectivity index (χ2v) is 10.1. The van der Waals surface area contributed by atoms with Crippen molar-refractivity contribution in [2.24, 2.45) is 34.5 Å². The predicted molar refractivity (Wildman–Crippen MR) is 96.4 cm³/mol. The van der Waals surface area contributed by atoms with Gasteiger partial charge in [0.1, 0.15) is 0 Å². The van der Waals surface area contributed by atoms with Crippen LogP contribution in [0.4, 0.5) is 8.78 Å². The largest absolute Gasteiger partial charge is 0.390 e. The maximum atomic E-state index is 14.6. The fourth-order valence-electron chi connectivity index (χ4n) is 7.89. The molecule has 0 saturated heterocycles. The van der Waals surface area contributed by atoms with Crippen LogP contribution in [-0.2, 0) is 0 Å². The van der Waals surface area contributed by atoms with E-state index in [0.717, 1.165) is 25.7 Å². The maximum absolute atomic E-state index is 14.6. The van der Waals surface area contributed by atoms with Gasteiger partial charge >= 0.3 is 0 Å². The van der Waals surface area contributed by atoms with Gasteiger partial charge in [-0.15, -0.1) is 0 Å². The van der Waals surface area contributed by atoms with E-state index in [9.17, 15) is 13.9 Å². The molecule has 25 heavy (non-hydrogen) atoms. The molecule has 0 aromatic carbocycles. The molecule has 0 spiro atoms. The zero-order chi connectivity index (χ0) is 18.0. The van der Waals surface area contributed by atoms with Crippen LogP contribution in [0.2, 0.25) is 0 Å². The number of alkyl halides is 2. The first-order chi connectivity index (χ1) is 11.7. The summed E-state index contributed by atoms with van der Waals surface area (Å²) in [6.45, 7) is 6.40. The number of hydrogen-bond acceptors (Lipinski definition) is 1. The minimum Gasteiger partial charge on any atom is -0.390 e. The van der Waals surface area contributed by atoms with Gasteiger partial charge in [-0.25, -0.2) is 8.78 Å². The van der Waals surface area contributed by atoms with Crippen LogP contribution < -0.4 is 0 Å². The molecule has 0 amide bonds. The first kappa shape index (κ1) is 17.9. The highest BCUT2D eigenvalue weighted by molar-refractivity contribution is 5.24. The number of fused-ring (bicyclic) bond motifs is 5. The summed E-state index contributed by atoms with van der Waals surface area (Å²) in [6, 6.07) is 0. The third-order valence-corrected chi connectivity index (χ3v) is 9.12. The number of rotatable bonds is 1. The lowest BCUT2D eigenvalue weighted by Crippen LogP contribution is -2.59. The summed E-state index contributed by atoms with van der Waals surface area (Å²) in [5.41, 5.74) is 0.262. The lowest BCUT2D eigenvalue weighted by Gasteiger charge is -2.62. The molecule has 1 N–H and O–H groups in total. The molecule has 142 valence electrons. The van der Waals surface area contributed by atoms with Crippen LogP contribution in [0, 0.1) is 34.5 Å². The van der Waals surface area contributed by atoms with E-state index in [1.807, 2.05) is 6.92 Å². The Morgan fingerprint density at radius 3 is 2.48 bits per heavy atom. The normalized spacial score (nSPS) is 54.3. The van der Waals surface area contributed by atoms with Gasteiger partial charge in [0.2, 0.25) is 6.43 Å². The molecule has 0 radical (unpaired) electrons. The Labute approximate surface area is 151 Å². The first-order valence-corrected chi connectivity index (χ1v) is 10.4. The highest BCUT2D eigenvalue weighted by atomic mass is 19.3. The molecule has 0 heterocycles. The SMILES string of the molecule is CC=C1CC[C@H]2[C@@H]3CCC4C[C@](C)(O)CC[C@]4(C(F)F)[C@H]3CC[C@]12C.